The topological polar surface area (TPSA) is 83.0 Å². The fourth-order valence-electron chi connectivity index (χ4n) is 1.45. The van der Waals surface area contributed by atoms with E-state index >= 15 is 0 Å². The third kappa shape index (κ3) is 4.30. The summed E-state index contributed by atoms with van der Waals surface area (Å²) >= 11 is 1.50. The van der Waals surface area contributed by atoms with E-state index in [1.165, 1.54) is 18.9 Å². The second-order valence-corrected chi connectivity index (χ2v) is 5.34. The average molecular weight is 272 g/mol. The van der Waals surface area contributed by atoms with Gasteiger partial charge in [-0.3, -0.25) is 4.79 Å². The number of ether oxygens (including phenoxy) is 1. The van der Waals surface area contributed by atoms with Gasteiger partial charge < -0.3 is 15.0 Å². The Hall–Kier alpha value is -1.08. The van der Waals surface area contributed by atoms with Gasteiger partial charge in [-0.25, -0.2) is 0 Å². The zero-order valence-electron chi connectivity index (χ0n) is 11.0. The lowest BCUT2D eigenvalue weighted by Crippen LogP contribution is -2.13. The van der Waals surface area contributed by atoms with E-state index in [0.717, 1.165) is 17.5 Å². The summed E-state index contributed by atoms with van der Waals surface area (Å²) in [5.74, 6) is 1.69. The van der Waals surface area contributed by atoms with Crippen molar-refractivity contribution in [2.24, 2.45) is 11.7 Å². The van der Waals surface area contributed by atoms with E-state index < -0.39 is 0 Å². The van der Waals surface area contributed by atoms with Crippen molar-refractivity contribution >= 4 is 17.7 Å². The Morgan fingerprint density at radius 2 is 2.22 bits per heavy atom. The van der Waals surface area contributed by atoms with Gasteiger partial charge in [-0.05, 0) is 5.92 Å². The molecule has 6 nitrogen and oxygen atoms in total. The molecule has 0 saturated heterocycles. The quantitative estimate of drug-likeness (QED) is 0.590. The lowest BCUT2D eigenvalue weighted by Gasteiger charge is -2.11. The number of hydrogen-bond acceptors (Lipinski definition) is 6. The van der Waals surface area contributed by atoms with Crippen LogP contribution in [0.4, 0.5) is 0 Å². The van der Waals surface area contributed by atoms with Gasteiger partial charge in [0.25, 0.3) is 0 Å². The van der Waals surface area contributed by atoms with Gasteiger partial charge >= 0.3 is 5.97 Å². The first-order valence-electron chi connectivity index (χ1n) is 5.90. The second kappa shape index (κ2) is 7.38. The van der Waals surface area contributed by atoms with Crippen LogP contribution < -0.4 is 5.73 Å². The first-order chi connectivity index (χ1) is 8.58. The number of carbonyl (C=O) groups excluding carboxylic acids is 1. The van der Waals surface area contributed by atoms with Crippen LogP contribution in [0.2, 0.25) is 0 Å². The van der Waals surface area contributed by atoms with Gasteiger partial charge in [-0.1, -0.05) is 25.6 Å². The maximum atomic E-state index is 11.0. The Bertz CT molecular complexity index is 392. The smallest absolute Gasteiger partial charge is 0.306 e. The van der Waals surface area contributed by atoms with Crippen molar-refractivity contribution in [2.75, 3.05) is 12.9 Å². The molecular weight excluding hydrogens is 252 g/mol. The summed E-state index contributed by atoms with van der Waals surface area (Å²) in [6.45, 7) is 5.46. The zero-order valence-corrected chi connectivity index (χ0v) is 11.9. The highest BCUT2D eigenvalue weighted by molar-refractivity contribution is 7.99. The van der Waals surface area contributed by atoms with Crippen molar-refractivity contribution in [3.63, 3.8) is 0 Å². The summed E-state index contributed by atoms with van der Waals surface area (Å²) in [7, 11) is 1.39. The van der Waals surface area contributed by atoms with E-state index in [1.807, 2.05) is 4.57 Å². The highest BCUT2D eigenvalue weighted by atomic mass is 32.2. The number of aromatic nitrogens is 3. The first-order valence-corrected chi connectivity index (χ1v) is 6.88. The summed E-state index contributed by atoms with van der Waals surface area (Å²) in [6, 6.07) is 0. The van der Waals surface area contributed by atoms with E-state index in [2.05, 4.69) is 28.8 Å². The fourth-order valence-corrected chi connectivity index (χ4v) is 2.34. The molecule has 0 amide bonds. The van der Waals surface area contributed by atoms with Crippen molar-refractivity contribution in [3.8, 4) is 0 Å². The number of thioether (sulfide) groups is 1. The van der Waals surface area contributed by atoms with E-state index in [1.54, 1.807) is 0 Å². The molecule has 18 heavy (non-hydrogen) atoms. The van der Waals surface area contributed by atoms with Crippen LogP contribution in [0.1, 0.15) is 26.1 Å². The van der Waals surface area contributed by atoms with Crippen LogP contribution in [0.5, 0.6) is 0 Å². The molecule has 0 aliphatic heterocycles. The Balaban J connectivity index is 2.64. The Morgan fingerprint density at radius 3 is 2.78 bits per heavy atom. The molecule has 0 radical (unpaired) electrons. The molecule has 0 bridgehead atoms. The number of nitrogens with two attached hydrogens (primary N) is 1. The van der Waals surface area contributed by atoms with Gasteiger partial charge in [-0.15, -0.1) is 10.2 Å². The lowest BCUT2D eigenvalue weighted by atomic mass is 10.2. The van der Waals surface area contributed by atoms with Gasteiger partial charge in [0.15, 0.2) is 5.16 Å². The number of rotatable bonds is 7. The van der Waals surface area contributed by atoms with Crippen molar-refractivity contribution < 1.29 is 9.53 Å². The van der Waals surface area contributed by atoms with Gasteiger partial charge in [0, 0.05) is 12.3 Å². The van der Waals surface area contributed by atoms with Crippen LogP contribution in [0, 0.1) is 5.92 Å². The molecule has 1 rings (SSSR count). The molecule has 0 spiro atoms. The summed E-state index contributed by atoms with van der Waals surface area (Å²) in [5.41, 5.74) is 5.63. The van der Waals surface area contributed by atoms with Gasteiger partial charge in [0.1, 0.15) is 5.82 Å². The molecule has 1 heterocycles. The fraction of sp³-hybridized carbons (Fsp3) is 0.727. The molecular formula is C11H20N4O2S. The highest BCUT2D eigenvalue weighted by Gasteiger charge is 2.13. The molecule has 0 unspecified atom stereocenters. The minimum atomic E-state index is -0.212. The van der Waals surface area contributed by atoms with Crippen molar-refractivity contribution in [2.45, 2.75) is 38.5 Å². The number of esters is 1. The molecule has 1 aromatic heterocycles. The third-order valence-corrected chi connectivity index (χ3v) is 3.26. The summed E-state index contributed by atoms with van der Waals surface area (Å²) in [6.07, 6.45) is 0.369. The minimum Gasteiger partial charge on any atom is -0.469 e. The van der Waals surface area contributed by atoms with Gasteiger partial charge in [-0.2, -0.15) is 0 Å². The largest absolute Gasteiger partial charge is 0.469 e. The molecule has 0 saturated carbocycles. The van der Waals surface area contributed by atoms with Crippen LogP contribution in [0.25, 0.3) is 0 Å². The average Bonchev–Trinajstić information content (AvgIpc) is 2.71. The monoisotopic (exact) mass is 272 g/mol. The number of nitrogens with zero attached hydrogens (tertiary/aromatic N) is 3. The number of carbonyl (C=O) groups is 1. The Kier molecular flexibility index (Phi) is 6.14. The Labute approximate surface area is 111 Å². The molecule has 0 aliphatic rings. The zero-order chi connectivity index (χ0) is 13.5. The van der Waals surface area contributed by atoms with E-state index in [0.29, 0.717) is 24.6 Å². The van der Waals surface area contributed by atoms with E-state index in [9.17, 15) is 4.79 Å². The summed E-state index contributed by atoms with van der Waals surface area (Å²) in [5, 5.41) is 8.98. The number of methoxy groups -OCH3 is 1. The van der Waals surface area contributed by atoms with Gasteiger partial charge in [0.05, 0.1) is 20.1 Å². The molecule has 7 heteroatoms. The van der Waals surface area contributed by atoms with Crippen LogP contribution >= 0.6 is 11.8 Å². The Morgan fingerprint density at radius 1 is 1.50 bits per heavy atom. The SMILES string of the molecule is COC(=O)CCSc1nnc(CN)n1CC(C)C. The number of hydrogen-bond donors (Lipinski definition) is 1. The molecule has 0 fully saturated rings. The third-order valence-electron chi connectivity index (χ3n) is 2.29. The highest BCUT2D eigenvalue weighted by Crippen LogP contribution is 2.19. The van der Waals surface area contributed by atoms with Crippen LogP contribution in [-0.2, 0) is 22.6 Å². The standard InChI is InChI=1S/C11H20N4O2S/c1-8(2)7-15-9(6-12)13-14-11(15)18-5-4-10(16)17-3/h8H,4-7,12H2,1-3H3. The predicted octanol–water partition coefficient (Wildman–Crippen LogP) is 1.05. The maximum Gasteiger partial charge on any atom is 0.306 e. The lowest BCUT2D eigenvalue weighted by molar-refractivity contribution is -0.140. The molecule has 0 aromatic carbocycles. The molecule has 1 aromatic rings. The molecule has 0 aliphatic carbocycles. The molecule has 0 atom stereocenters. The van der Waals surface area contributed by atoms with E-state index in [-0.39, 0.29) is 5.97 Å². The maximum absolute atomic E-state index is 11.0. The first kappa shape index (κ1) is 15.0. The summed E-state index contributed by atoms with van der Waals surface area (Å²) in [4.78, 5) is 11.0. The van der Waals surface area contributed by atoms with E-state index in [4.69, 9.17) is 5.73 Å². The van der Waals surface area contributed by atoms with Gasteiger partial charge in [0.2, 0.25) is 0 Å². The predicted molar refractivity (Wildman–Crippen MR) is 70.1 cm³/mol. The van der Waals surface area contributed by atoms with Crippen LogP contribution in [-0.4, -0.2) is 33.6 Å². The molecule has 2 N–H and O–H groups in total. The van der Waals surface area contributed by atoms with Crippen molar-refractivity contribution in [1.82, 2.24) is 14.8 Å². The van der Waals surface area contributed by atoms with Crippen molar-refractivity contribution in [3.05, 3.63) is 5.82 Å². The minimum absolute atomic E-state index is 0.212. The normalized spacial score (nSPS) is 10.9. The second-order valence-electron chi connectivity index (χ2n) is 4.28. The van der Waals surface area contributed by atoms with Crippen molar-refractivity contribution in [1.29, 1.82) is 0 Å². The molecule has 102 valence electrons. The summed E-state index contributed by atoms with van der Waals surface area (Å²) < 4.78 is 6.61. The van der Waals surface area contributed by atoms with Crippen LogP contribution in [0.15, 0.2) is 5.16 Å². The van der Waals surface area contributed by atoms with Crippen LogP contribution in [0.3, 0.4) is 0 Å².